The van der Waals surface area contributed by atoms with E-state index in [1.165, 1.54) is 0 Å². The van der Waals surface area contributed by atoms with Gasteiger partial charge in [0.05, 0.1) is 11.9 Å². The van der Waals surface area contributed by atoms with E-state index in [9.17, 15) is 9.59 Å². The van der Waals surface area contributed by atoms with E-state index < -0.39 is 0 Å². The van der Waals surface area contributed by atoms with Crippen LogP contribution in [0.5, 0.6) is 0 Å². The molecule has 0 radical (unpaired) electrons. The van der Waals surface area contributed by atoms with Crippen LogP contribution in [0.2, 0.25) is 0 Å². The van der Waals surface area contributed by atoms with E-state index in [0.717, 1.165) is 18.7 Å². The van der Waals surface area contributed by atoms with E-state index in [0.29, 0.717) is 31.1 Å². The Morgan fingerprint density at radius 2 is 1.96 bits per heavy atom. The molecule has 0 aromatic carbocycles. The van der Waals surface area contributed by atoms with Gasteiger partial charge in [0.1, 0.15) is 5.82 Å². The first-order valence-corrected chi connectivity index (χ1v) is 8.84. The van der Waals surface area contributed by atoms with Gasteiger partial charge in [0.2, 0.25) is 5.91 Å². The number of carbonyl (C=O) groups excluding carboxylic acids is 2. The zero-order valence-electron chi connectivity index (χ0n) is 15.6. The van der Waals surface area contributed by atoms with Crippen LogP contribution < -0.4 is 15.5 Å². The molecule has 1 aliphatic heterocycles. The van der Waals surface area contributed by atoms with Crippen LogP contribution in [0.25, 0.3) is 0 Å². The van der Waals surface area contributed by atoms with Gasteiger partial charge in [-0.1, -0.05) is 13.8 Å². The Labute approximate surface area is 149 Å². The Bertz CT molecular complexity index is 578. The van der Waals surface area contributed by atoms with Crippen LogP contribution in [-0.2, 0) is 4.79 Å². The molecular formula is C18H29N5O2. The van der Waals surface area contributed by atoms with Crippen molar-refractivity contribution >= 4 is 23.4 Å². The second kappa shape index (κ2) is 8.69. The fourth-order valence-corrected chi connectivity index (χ4v) is 2.83. The Balaban J connectivity index is 1.76. The topological polar surface area (TPSA) is 77.6 Å². The minimum absolute atomic E-state index is 0.0945. The molecule has 2 N–H and O–H groups in total. The maximum Gasteiger partial charge on any atom is 0.319 e. The highest BCUT2D eigenvalue weighted by atomic mass is 16.2. The number of anilines is 2. The van der Waals surface area contributed by atoms with Crippen LogP contribution >= 0.6 is 0 Å². The van der Waals surface area contributed by atoms with Gasteiger partial charge in [-0.05, 0) is 30.9 Å². The van der Waals surface area contributed by atoms with Gasteiger partial charge in [-0.15, -0.1) is 0 Å². The van der Waals surface area contributed by atoms with Gasteiger partial charge in [0.15, 0.2) is 0 Å². The lowest BCUT2D eigenvalue weighted by Gasteiger charge is -2.32. The van der Waals surface area contributed by atoms with Crippen LogP contribution in [0, 0.1) is 5.92 Å². The molecule has 2 heterocycles. The summed E-state index contributed by atoms with van der Waals surface area (Å²) < 4.78 is 0. The number of amides is 3. The molecule has 3 amide bonds. The van der Waals surface area contributed by atoms with E-state index in [1.54, 1.807) is 6.20 Å². The highest BCUT2D eigenvalue weighted by Gasteiger charge is 2.24. The van der Waals surface area contributed by atoms with Crippen LogP contribution in [0.3, 0.4) is 0 Å². The molecule has 0 unspecified atom stereocenters. The van der Waals surface area contributed by atoms with E-state index >= 15 is 0 Å². The largest absolute Gasteiger partial charge is 0.363 e. The van der Waals surface area contributed by atoms with Crippen molar-refractivity contribution in [3.8, 4) is 0 Å². The van der Waals surface area contributed by atoms with E-state index in [4.69, 9.17) is 0 Å². The summed E-state index contributed by atoms with van der Waals surface area (Å²) in [6, 6.07) is 3.55. The molecule has 7 nitrogen and oxygen atoms in total. The summed E-state index contributed by atoms with van der Waals surface area (Å²) in [5, 5.41) is 5.78. The Hall–Kier alpha value is -2.31. The second-order valence-electron chi connectivity index (χ2n) is 7.15. The number of nitrogens with one attached hydrogen (secondary N) is 2. The SMILES string of the molecule is CC(C)CC(=O)N1CCC(NC(=O)Nc2ccc(N(C)C)nc2)CC1. The first kappa shape index (κ1) is 19.0. The second-order valence-corrected chi connectivity index (χ2v) is 7.15. The zero-order valence-corrected chi connectivity index (χ0v) is 15.6. The average molecular weight is 347 g/mol. The summed E-state index contributed by atoms with van der Waals surface area (Å²) in [4.78, 5) is 32.3. The molecule has 0 bridgehead atoms. The quantitative estimate of drug-likeness (QED) is 0.857. The Kier molecular flexibility index (Phi) is 6.61. The average Bonchev–Trinajstić information content (AvgIpc) is 2.55. The van der Waals surface area contributed by atoms with Gasteiger partial charge >= 0.3 is 6.03 Å². The molecule has 138 valence electrons. The molecule has 1 aliphatic rings. The number of aromatic nitrogens is 1. The number of rotatable bonds is 5. The number of hydrogen-bond acceptors (Lipinski definition) is 4. The van der Waals surface area contributed by atoms with Crippen molar-refractivity contribution in [1.29, 1.82) is 0 Å². The van der Waals surface area contributed by atoms with E-state index in [1.807, 2.05) is 36.0 Å². The molecule has 0 atom stereocenters. The maximum atomic E-state index is 12.1. The fraction of sp³-hybridized carbons (Fsp3) is 0.611. The van der Waals surface area contributed by atoms with Crippen LogP contribution in [0.4, 0.5) is 16.3 Å². The normalized spacial score (nSPS) is 15.2. The van der Waals surface area contributed by atoms with Gasteiger partial charge < -0.3 is 20.4 Å². The van der Waals surface area contributed by atoms with Gasteiger partial charge in [0, 0.05) is 39.6 Å². The number of pyridine rings is 1. The van der Waals surface area contributed by atoms with Crippen molar-refractivity contribution < 1.29 is 9.59 Å². The predicted octanol–water partition coefficient (Wildman–Crippen LogP) is 2.31. The Morgan fingerprint density at radius 3 is 2.48 bits per heavy atom. The Morgan fingerprint density at radius 1 is 1.28 bits per heavy atom. The minimum Gasteiger partial charge on any atom is -0.363 e. The molecule has 0 spiro atoms. The molecule has 0 saturated carbocycles. The van der Waals surface area contributed by atoms with Crippen LogP contribution in [0.1, 0.15) is 33.1 Å². The maximum absolute atomic E-state index is 12.1. The lowest BCUT2D eigenvalue weighted by molar-refractivity contribution is -0.133. The molecule has 1 saturated heterocycles. The zero-order chi connectivity index (χ0) is 18.4. The molecule has 1 fully saturated rings. The number of carbonyl (C=O) groups is 2. The van der Waals surface area contributed by atoms with E-state index in [-0.39, 0.29) is 18.0 Å². The highest BCUT2D eigenvalue weighted by molar-refractivity contribution is 5.89. The summed E-state index contributed by atoms with van der Waals surface area (Å²) >= 11 is 0. The number of urea groups is 1. The summed E-state index contributed by atoms with van der Waals surface area (Å²) in [5.74, 6) is 1.43. The van der Waals surface area contributed by atoms with Gasteiger partial charge in [-0.25, -0.2) is 9.78 Å². The summed E-state index contributed by atoms with van der Waals surface area (Å²) in [6.07, 6.45) is 3.81. The minimum atomic E-state index is -0.230. The fourth-order valence-electron chi connectivity index (χ4n) is 2.83. The van der Waals surface area contributed by atoms with E-state index in [2.05, 4.69) is 29.5 Å². The molecule has 7 heteroatoms. The van der Waals surface area contributed by atoms with Crippen molar-refractivity contribution in [2.45, 2.75) is 39.2 Å². The predicted molar refractivity (Wildman–Crippen MR) is 99.8 cm³/mol. The van der Waals surface area contributed by atoms with Crippen LogP contribution in [0.15, 0.2) is 18.3 Å². The summed E-state index contributed by atoms with van der Waals surface area (Å²) in [6.45, 7) is 5.51. The smallest absolute Gasteiger partial charge is 0.319 e. The standard InChI is InChI=1S/C18H29N5O2/c1-13(2)11-17(24)23-9-7-14(8-10-23)20-18(25)21-15-5-6-16(19-12-15)22(3)4/h5-6,12-14H,7-11H2,1-4H3,(H2,20,21,25). The lowest BCUT2D eigenvalue weighted by Crippen LogP contribution is -2.47. The first-order valence-electron chi connectivity index (χ1n) is 8.84. The molecule has 2 rings (SSSR count). The van der Waals surface area contributed by atoms with Crippen molar-refractivity contribution in [3.05, 3.63) is 18.3 Å². The number of hydrogen-bond donors (Lipinski definition) is 2. The van der Waals surface area contributed by atoms with Crippen molar-refractivity contribution in [2.24, 2.45) is 5.92 Å². The number of piperidine rings is 1. The highest BCUT2D eigenvalue weighted by Crippen LogP contribution is 2.15. The monoisotopic (exact) mass is 347 g/mol. The van der Waals surface area contributed by atoms with Gasteiger partial charge in [0.25, 0.3) is 0 Å². The number of nitrogens with zero attached hydrogens (tertiary/aromatic N) is 3. The third kappa shape index (κ3) is 5.92. The van der Waals surface area contributed by atoms with Gasteiger partial charge in [-0.2, -0.15) is 0 Å². The summed E-state index contributed by atoms with van der Waals surface area (Å²) in [5.41, 5.74) is 0.660. The number of likely N-dealkylation sites (tertiary alicyclic amines) is 1. The first-order chi connectivity index (χ1) is 11.8. The van der Waals surface area contributed by atoms with Crippen molar-refractivity contribution in [1.82, 2.24) is 15.2 Å². The van der Waals surface area contributed by atoms with Gasteiger partial charge in [-0.3, -0.25) is 4.79 Å². The van der Waals surface area contributed by atoms with Crippen LogP contribution in [-0.4, -0.2) is 55.0 Å². The van der Waals surface area contributed by atoms with Crippen molar-refractivity contribution in [3.63, 3.8) is 0 Å². The molecular weight excluding hydrogens is 318 g/mol. The molecule has 1 aromatic heterocycles. The third-order valence-electron chi connectivity index (χ3n) is 4.23. The summed E-state index contributed by atoms with van der Waals surface area (Å²) in [7, 11) is 3.83. The lowest BCUT2D eigenvalue weighted by atomic mass is 10.0. The van der Waals surface area contributed by atoms with Crippen molar-refractivity contribution in [2.75, 3.05) is 37.4 Å². The molecule has 0 aliphatic carbocycles. The molecule has 25 heavy (non-hydrogen) atoms. The third-order valence-corrected chi connectivity index (χ3v) is 4.23. The molecule has 1 aromatic rings.